The van der Waals surface area contributed by atoms with Crippen LogP contribution in [0, 0.1) is 0 Å². The highest BCUT2D eigenvalue weighted by Crippen LogP contribution is 2.27. The first-order chi connectivity index (χ1) is 7.98. The van der Waals surface area contributed by atoms with E-state index in [1.807, 2.05) is 0 Å². The highest BCUT2D eigenvalue weighted by Gasteiger charge is 2.54. The fourth-order valence-corrected chi connectivity index (χ4v) is 1.80. The number of carbonyl (C=O) groups excluding carboxylic acids is 3. The molecule has 0 bridgehead atoms. The molecular formula is C11H17NO5. The molecule has 1 amide bonds. The van der Waals surface area contributed by atoms with E-state index in [1.165, 1.54) is 6.92 Å². The molecule has 6 nitrogen and oxygen atoms in total. The summed E-state index contributed by atoms with van der Waals surface area (Å²) in [7, 11) is 0. The van der Waals surface area contributed by atoms with Gasteiger partial charge < -0.3 is 9.47 Å². The van der Waals surface area contributed by atoms with Gasteiger partial charge in [-0.15, -0.1) is 0 Å². The number of Topliss-reactive ketones (excluding diaryl/α,β-unsaturated/α-hetero) is 1. The lowest BCUT2D eigenvalue weighted by atomic mass is 9.98. The number of carbonyl (C=O) groups is 3. The topological polar surface area (TPSA) is 72.9 Å². The second kappa shape index (κ2) is 5.16. The Balaban J connectivity index is 2.94. The zero-order valence-corrected chi connectivity index (χ0v) is 10.3. The Morgan fingerprint density at radius 1 is 1.29 bits per heavy atom. The summed E-state index contributed by atoms with van der Waals surface area (Å²) in [5.74, 6) is -1.01. The molecule has 96 valence electrons. The maximum Gasteiger partial charge on any atom is 0.411 e. The van der Waals surface area contributed by atoms with Crippen LogP contribution in [0.5, 0.6) is 0 Å². The number of likely N-dealkylation sites (tertiary alicyclic amines) is 1. The second-order valence-electron chi connectivity index (χ2n) is 3.82. The predicted molar refractivity (Wildman–Crippen MR) is 58.4 cm³/mol. The lowest BCUT2D eigenvalue weighted by Gasteiger charge is -2.30. The molecule has 0 N–H and O–H groups in total. The van der Waals surface area contributed by atoms with Crippen molar-refractivity contribution in [1.29, 1.82) is 0 Å². The number of hydrogen-bond acceptors (Lipinski definition) is 5. The monoisotopic (exact) mass is 243 g/mol. The van der Waals surface area contributed by atoms with E-state index in [-0.39, 0.29) is 32.0 Å². The molecule has 0 aliphatic carbocycles. The molecule has 1 aliphatic rings. The minimum atomic E-state index is -1.54. The SMILES string of the molecule is CCOC(=O)N1CCC(=O)[C@]1(C)C(=O)OCC. The minimum absolute atomic E-state index is 0.147. The highest BCUT2D eigenvalue weighted by atomic mass is 16.6. The van der Waals surface area contributed by atoms with Gasteiger partial charge >= 0.3 is 12.1 Å². The zero-order valence-electron chi connectivity index (χ0n) is 10.3. The molecule has 6 heteroatoms. The van der Waals surface area contributed by atoms with Crippen LogP contribution in [0.4, 0.5) is 4.79 Å². The first kappa shape index (κ1) is 13.5. The van der Waals surface area contributed by atoms with Crippen LogP contribution in [0.2, 0.25) is 0 Å². The molecule has 17 heavy (non-hydrogen) atoms. The summed E-state index contributed by atoms with van der Waals surface area (Å²) in [5, 5.41) is 0. The van der Waals surface area contributed by atoms with Crippen LogP contribution in [0.25, 0.3) is 0 Å². The van der Waals surface area contributed by atoms with Crippen LogP contribution in [0.3, 0.4) is 0 Å². The molecule has 1 fully saturated rings. The van der Waals surface area contributed by atoms with Crippen molar-refractivity contribution in [1.82, 2.24) is 4.90 Å². The summed E-state index contributed by atoms with van der Waals surface area (Å²) >= 11 is 0. The molecule has 1 atom stereocenters. The van der Waals surface area contributed by atoms with Crippen molar-refractivity contribution in [3.63, 3.8) is 0 Å². The van der Waals surface area contributed by atoms with E-state index in [9.17, 15) is 14.4 Å². The number of esters is 1. The predicted octanol–water partition coefficient (Wildman–Crippen LogP) is 0.739. The standard InChI is InChI=1S/C11H17NO5/c1-4-16-9(14)11(3)8(13)6-7-12(11)10(15)17-5-2/h4-7H2,1-3H3/t11-/m1/s1. The molecule has 0 aromatic heterocycles. The van der Waals surface area contributed by atoms with E-state index >= 15 is 0 Å². The van der Waals surface area contributed by atoms with E-state index in [1.54, 1.807) is 13.8 Å². The largest absolute Gasteiger partial charge is 0.464 e. The Labute approximate surface area is 99.9 Å². The third-order valence-electron chi connectivity index (χ3n) is 2.81. The molecule has 0 spiro atoms. The summed E-state index contributed by atoms with van der Waals surface area (Å²) in [6.45, 7) is 5.26. The Morgan fingerprint density at radius 2 is 1.88 bits per heavy atom. The van der Waals surface area contributed by atoms with Crippen LogP contribution in [0.15, 0.2) is 0 Å². The number of rotatable bonds is 3. The summed E-state index contributed by atoms with van der Waals surface area (Å²) in [5.41, 5.74) is -1.54. The van der Waals surface area contributed by atoms with Gasteiger partial charge in [0.2, 0.25) is 0 Å². The van der Waals surface area contributed by atoms with Gasteiger partial charge in [0, 0.05) is 13.0 Å². The first-order valence-electron chi connectivity index (χ1n) is 5.63. The van der Waals surface area contributed by atoms with Crippen molar-refractivity contribution in [3.05, 3.63) is 0 Å². The van der Waals surface area contributed by atoms with E-state index in [4.69, 9.17) is 9.47 Å². The molecule has 1 saturated heterocycles. The van der Waals surface area contributed by atoms with Crippen molar-refractivity contribution < 1.29 is 23.9 Å². The fourth-order valence-electron chi connectivity index (χ4n) is 1.80. The molecule has 0 radical (unpaired) electrons. The summed E-state index contributed by atoms with van der Waals surface area (Å²) in [6, 6.07) is 0. The summed E-state index contributed by atoms with van der Waals surface area (Å²) < 4.78 is 9.67. The molecule has 0 aromatic carbocycles. The van der Waals surface area contributed by atoms with Gasteiger partial charge in [-0.3, -0.25) is 9.69 Å². The van der Waals surface area contributed by atoms with Gasteiger partial charge in [-0.25, -0.2) is 9.59 Å². The molecule has 1 heterocycles. The Kier molecular flexibility index (Phi) is 4.09. The smallest absolute Gasteiger partial charge is 0.411 e. The third kappa shape index (κ3) is 2.25. The van der Waals surface area contributed by atoms with Crippen molar-refractivity contribution in [3.8, 4) is 0 Å². The van der Waals surface area contributed by atoms with E-state index in [0.29, 0.717) is 0 Å². The van der Waals surface area contributed by atoms with Crippen LogP contribution in [-0.2, 0) is 19.1 Å². The normalized spacial score (nSPS) is 23.7. The molecule has 0 saturated carbocycles. The quantitative estimate of drug-likeness (QED) is 0.540. The number of nitrogens with zero attached hydrogens (tertiary/aromatic N) is 1. The fraction of sp³-hybridized carbons (Fsp3) is 0.727. The zero-order chi connectivity index (χ0) is 13.1. The summed E-state index contributed by atoms with van der Waals surface area (Å²) in [4.78, 5) is 36.4. The molecule has 0 aromatic rings. The van der Waals surface area contributed by atoms with Gasteiger partial charge in [-0.05, 0) is 20.8 Å². The first-order valence-corrected chi connectivity index (χ1v) is 5.63. The van der Waals surface area contributed by atoms with Crippen LogP contribution >= 0.6 is 0 Å². The van der Waals surface area contributed by atoms with Crippen molar-refractivity contribution in [2.45, 2.75) is 32.7 Å². The van der Waals surface area contributed by atoms with Crippen molar-refractivity contribution in [2.24, 2.45) is 0 Å². The maximum absolute atomic E-state index is 11.8. The van der Waals surface area contributed by atoms with E-state index in [0.717, 1.165) is 4.90 Å². The highest BCUT2D eigenvalue weighted by molar-refractivity contribution is 6.11. The van der Waals surface area contributed by atoms with E-state index in [2.05, 4.69) is 0 Å². The maximum atomic E-state index is 11.8. The molecular weight excluding hydrogens is 226 g/mol. The number of ketones is 1. The Bertz CT molecular complexity index is 341. The molecule has 0 unspecified atom stereocenters. The average Bonchev–Trinajstić information content (AvgIpc) is 2.58. The lowest BCUT2D eigenvalue weighted by molar-refractivity contribution is -0.157. The number of amides is 1. The van der Waals surface area contributed by atoms with Gasteiger partial charge in [0.15, 0.2) is 11.3 Å². The average molecular weight is 243 g/mol. The van der Waals surface area contributed by atoms with Crippen LogP contribution in [0.1, 0.15) is 27.2 Å². The second-order valence-corrected chi connectivity index (χ2v) is 3.82. The molecule has 1 aliphatic heterocycles. The third-order valence-corrected chi connectivity index (χ3v) is 2.81. The van der Waals surface area contributed by atoms with Crippen LogP contribution < -0.4 is 0 Å². The number of hydrogen-bond donors (Lipinski definition) is 0. The Morgan fingerprint density at radius 3 is 2.41 bits per heavy atom. The van der Waals surface area contributed by atoms with Gasteiger partial charge in [0.25, 0.3) is 0 Å². The van der Waals surface area contributed by atoms with Gasteiger partial charge in [0.05, 0.1) is 13.2 Å². The number of ether oxygens (including phenoxy) is 2. The van der Waals surface area contributed by atoms with E-state index < -0.39 is 17.6 Å². The summed E-state index contributed by atoms with van der Waals surface area (Å²) in [6.07, 6.45) is -0.511. The lowest BCUT2D eigenvalue weighted by Crippen LogP contribution is -2.55. The van der Waals surface area contributed by atoms with Gasteiger partial charge in [-0.2, -0.15) is 0 Å². The molecule has 1 rings (SSSR count). The van der Waals surface area contributed by atoms with Crippen molar-refractivity contribution >= 4 is 17.8 Å². The minimum Gasteiger partial charge on any atom is -0.464 e. The van der Waals surface area contributed by atoms with Gasteiger partial charge in [0.1, 0.15) is 0 Å². The Hall–Kier alpha value is -1.59. The van der Waals surface area contributed by atoms with Gasteiger partial charge in [-0.1, -0.05) is 0 Å². The van der Waals surface area contributed by atoms with Crippen molar-refractivity contribution in [2.75, 3.05) is 19.8 Å². The van der Waals surface area contributed by atoms with Crippen LogP contribution in [-0.4, -0.2) is 48.0 Å².